The fourth-order valence-corrected chi connectivity index (χ4v) is 20.4. The van der Waals surface area contributed by atoms with Crippen molar-refractivity contribution in [1.29, 1.82) is 0 Å². The second-order valence-electron chi connectivity index (χ2n) is 39.0. The first-order chi connectivity index (χ1) is 56.0. The largest absolute Gasteiger partial charge is 0.459 e. The van der Waals surface area contributed by atoms with Gasteiger partial charge in [-0.15, -0.1) is 0 Å². The van der Waals surface area contributed by atoms with Crippen LogP contribution >= 0.6 is 0 Å². The van der Waals surface area contributed by atoms with Gasteiger partial charge in [-0.2, -0.15) is 0 Å². The van der Waals surface area contributed by atoms with Crippen molar-refractivity contribution in [3.8, 4) is 0 Å². The fraction of sp³-hybridized carbons (Fsp3) is 0.943. The van der Waals surface area contributed by atoms with Crippen molar-refractivity contribution in [2.24, 2.45) is 35.5 Å². The average molecular weight is 1730 g/mol. The zero-order valence-corrected chi connectivity index (χ0v) is 79.9. The maximum absolute atomic E-state index is 14.8. The minimum Gasteiger partial charge on any atom is -0.459 e. The SMILES string of the molecule is CC[C@H]1OC(=O)[C@H](C)[C@@H](O[C@H]2C[C@@](C)(OC)[C@@H](O)[C@H](C)O2)[C@H](C)[C@@H](O[C@@H]2O[C@H](C)C[C@H](N(C)C)[C@H]2OC(C)=O)[C@](C)(O)C[C@@H](C)CN(C)[C@H](C)[C@@H]2OC(N(C)C)O[C@]12C.CC[C@H]1OC(=O)[C@H](C)[C@@H](O[C@H]2C[C@@](C)(OC)[C@@H](OC(C)=O)[C@H](C)O2)[C@H](C)[C@@H](O[C@@H]2O[C@H](C)C[C@H](N(C)C)[C@H]2OC(C)=O)[C@](C)(O)C[C@@H](C)CN(C)[C@H](C)[C@@H]2OC(N(C)C)O[C@]12C. The van der Waals surface area contributed by atoms with Crippen LogP contribution in [-0.4, -0.2) is 366 Å². The Morgan fingerprint density at radius 1 is 0.463 bits per heavy atom. The number of hydrogen-bond acceptors (Lipinski definition) is 33. The molecule has 8 saturated heterocycles. The lowest BCUT2D eigenvalue weighted by Crippen LogP contribution is -2.61. The molecule has 8 fully saturated rings. The maximum atomic E-state index is 14.8. The Morgan fingerprint density at radius 2 is 0.810 bits per heavy atom. The molecule has 0 aromatic carbocycles. The van der Waals surface area contributed by atoms with Crippen molar-refractivity contribution in [3.05, 3.63) is 0 Å². The van der Waals surface area contributed by atoms with Crippen LogP contribution in [0, 0.1) is 35.5 Å². The number of aliphatic hydroxyl groups is 3. The number of cyclic esters (lactones) is 2. The Balaban J connectivity index is 0.000000334. The molecule has 3 N–H and O–H groups in total. The molecule has 0 amide bonds. The Hall–Kier alpha value is -3.57. The van der Waals surface area contributed by atoms with Gasteiger partial charge in [-0.1, -0.05) is 41.5 Å². The van der Waals surface area contributed by atoms with Gasteiger partial charge in [0.05, 0.1) is 89.6 Å². The van der Waals surface area contributed by atoms with Crippen LogP contribution in [-0.2, 0) is 114 Å². The molecule has 0 bridgehead atoms. The number of carbonyl (C=O) groups is 5. The van der Waals surface area contributed by atoms with Gasteiger partial charge in [-0.25, -0.2) is 0 Å². The van der Waals surface area contributed by atoms with E-state index in [0.29, 0.717) is 38.8 Å². The summed E-state index contributed by atoms with van der Waals surface area (Å²) >= 11 is 0. The molecule has 8 aliphatic heterocycles. The van der Waals surface area contributed by atoms with Crippen LogP contribution in [0.4, 0.5) is 0 Å². The van der Waals surface area contributed by atoms with Crippen molar-refractivity contribution < 1.29 is 129 Å². The molecule has 38 atom stereocenters. The van der Waals surface area contributed by atoms with Crippen LogP contribution in [0.1, 0.15) is 211 Å². The molecule has 0 spiro atoms. The van der Waals surface area contributed by atoms with E-state index in [1.165, 1.54) is 27.9 Å². The van der Waals surface area contributed by atoms with Gasteiger partial charge < -0.3 is 125 Å². The topological polar surface area (TPSA) is 341 Å². The van der Waals surface area contributed by atoms with E-state index in [1.807, 2.05) is 152 Å². The van der Waals surface area contributed by atoms with Crippen molar-refractivity contribution in [2.45, 2.75) is 404 Å². The molecular weight excluding hydrogens is 1570 g/mol. The second kappa shape index (κ2) is 42.8. The normalized spacial score (nSPS) is 46.4. The first-order valence-corrected chi connectivity index (χ1v) is 44.1. The molecule has 704 valence electrons. The minimum atomic E-state index is -1.57. The summed E-state index contributed by atoms with van der Waals surface area (Å²) in [6.45, 7) is 43.0. The third-order valence-electron chi connectivity index (χ3n) is 27.2. The molecule has 0 aliphatic carbocycles. The predicted molar refractivity (Wildman–Crippen MR) is 447 cm³/mol. The van der Waals surface area contributed by atoms with Crippen LogP contribution in [0.2, 0.25) is 0 Å². The lowest BCUT2D eigenvalue weighted by atomic mass is 9.77. The molecule has 0 radical (unpaired) electrons. The van der Waals surface area contributed by atoms with Crippen molar-refractivity contribution >= 4 is 29.8 Å². The average Bonchev–Trinajstić information content (AvgIpc) is 1.66. The van der Waals surface area contributed by atoms with Gasteiger partial charge >= 0.3 is 29.8 Å². The predicted octanol–water partition coefficient (Wildman–Crippen LogP) is 7.33. The van der Waals surface area contributed by atoms with E-state index in [1.54, 1.807) is 55.6 Å². The number of ether oxygens (including phenoxy) is 19. The number of rotatable bonds is 19. The number of fused-ring (bicyclic) bond motifs is 2. The summed E-state index contributed by atoms with van der Waals surface area (Å²) in [5, 5.41) is 36.8. The van der Waals surface area contributed by atoms with E-state index < -0.39 is 211 Å². The molecule has 0 aromatic heterocycles. The Labute approximate surface area is 722 Å². The van der Waals surface area contributed by atoms with Gasteiger partial charge in [0.15, 0.2) is 43.5 Å². The van der Waals surface area contributed by atoms with E-state index >= 15 is 0 Å². The van der Waals surface area contributed by atoms with Crippen molar-refractivity contribution in [3.63, 3.8) is 0 Å². The van der Waals surface area contributed by atoms with Crippen LogP contribution in [0.3, 0.4) is 0 Å². The van der Waals surface area contributed by atoms with E-state index in [0.717, 1.165) is 0 Å². The number of hydrogen-bond donors (Lipinski definition) is 3. The first kappa shape index (κ1) is 104. The highest BCUT2D eigenvalue weighted by molar-refractivity contribution is 5.74. The third-order valence-corrected chi connectivity index (χ3v) is 27.2. The van der Waals surface area contributed by atoms with Crippen LogP contribution in [0.15, 0.2) is 0 Å². The monoisotopic (exact) mass is 1730 g/mol. The van der Waals surface area contributed by atoms with Gasteiger partial charge in [-0.3, -0.25) is 33.8 Å². The van der Waals surface area contributed by atoms with Crippen molar-refractivity contribution in [1.82, 2.24) is 29.4 Å². The fourth-order valence-electron chi connectivity index (χ4n) is 20.4. The molecule has 8 aliphatic rings. The number of carbonyl (C=O) groups excluding carboxylic acids is 5. The molecule has 2 unspecified atom stereocenters. The summed E-state index contributed by atoms with van der Waals surface area (Å²) in [6.07, 6.45) is -14.3. The number of nitrogens with zero attached hydrogens (tertiary/aromatic N) is 6. The zero-order chi connectivity index (χ0) is 91.3. The summed E-state index contributed by atoms with van der Waals surface area (Å²) < 4.78 is 122. The van der Waals surface area contributed by atoms with E-state index in [-0.39, 0.29) is 73.9 Å². The van der Waals surface area contributed by atoms with Gasteiger partial charge in [-0.05, 0) is 218 Å². The Morgan fingerprint density at radius 3 is 1.13 bits per heavy atom. The van der Waals surface area contributed by atoms with Gasteiger partial charge in [0.1, 0.15) is 47.3 Å². The van der Waals surface area contributed by atoms with Gasteiger partial charge in [0, 0.05) is 84.8 Å². The number of esters is 5. The lowest BCUT2D eigenvalue weighted by Gasteiger charge is -2.49. The third kappa shape index (κ3) is 24.7. The summed E-state index contributed by atoms with van der Waals surface area (Å²) in [7, 11) is 22.3. The molecule has 121 heavy (non-hydrogen) atoms. The highest BCUT2D eigenvalue weighted by Gasteiger charge is 2.62. The molecule has 33 heteroatoms. The molecule has 0 aromatic rings. The van der Waals surface area contributed by atoms with Crippen LogP contribution in [0.5, 0.6) is 0 Å². The summed E-state index contributed by atoms with van der Waals surface area (Å²) in [4.78, 5) is 79.0. The minimum absolute atomic E-state index is 0.0767. The Bertz CT molecular complexity index is 3310. The molecule has 33 nitrogen and oxygen atoms in total. The number of aliphatic hydroxyl groups excluding tert-OH is 1. The highest BCUT2D eigenvalue weighted by atomic mass is 16.8. The zero-order valence-electron chi connectivity index (χ0n) is 79.9. The van der Waals surface area contributed by atoms with E-state index in [9.17, 15) is 39.3 Å². The van der Waals surface area contributed by atoms with Crippen LogP contribution < -0.4 is 0 Å². The molecular formula is C88H160N6O27. The smallest absolute Gasteiger partial charge is 0.311 e. The Kier molecular flexibility index (Phi) is 36.9. The lowest BCUT2D eigenvalue weighted by molar-refractivity contribution is -0.319. The van der Waals surface area contributed by atoms with Gasteiger partial charge in [0.25, 0.3) is 0 Å². The summed E-state index contributed by atoms with van der Waals surface area (Å²) in [5.74, 6) is -6.13. The molecule has 8 rings (SSSR count). The molecule has 0 saturated carbocycles. The highest BCUT2D eigenvalue weighted by Crippen LogP contribution is 2.47. The first-order valence-electron chi connectivity index (χ1n) is 44.1. The van der Waals surface area contributed by atoms with Crippen LogP contribution in [0.25, 0.3) is 0 Å². The summed E-state index contributed by atoms with van der Waals surface area (Å²) in [5.41, 5.74) is -7.24. The van der Waals surface area contributed by atoms with Gasteiger partial charge in [0.2, 0.25) is 12.8 Å². The van der Waals surface area contributed by atoms with Crippen molar-refractivity contribution in [2.75, 3.05) is 97.8 Å². The number of likely N-dealkylation sites (N-methyl/N-ethyl adjacent to an activating group) is 4. The quantitative estimate of drug-likeness (QED) is 0.0841. The van der Waals surface area contributed by atoms with E-state index in [2.05, 4.69) is 37.5 Å². The maximum Gasteiger partial charge on any atom is 0.311 e. The molecule has 8 heterocycles. The van der Waals surface area contributed by atoms with E-state index in [4.69, 9.17) is 90.0 Å². The second-order valence-corrected chi connectivity index (χ2v) is 39.0. The standard InChI is InChI=1S/C45H81N3O14.C43H79N3O13/c1-19-33-45(12)38(61-42(62-45)47(15)16)28(6)48(17)23-24(2)21-43(10,52)37(60-41-36(56-30(8)49)32(46(13)14)20-25(3)54-41)26(4)35(27(5)40(51)58-33)59-34-22-44(11,53-18)39(29(7)55-34)57-31(9)50;1-18-31-43(11)37(58-40(59-43)45(14)15)27(6)46(16)22-23(2)20-41(9,50)36(57-39-34(54-29(8)47)30(44(12)13)19-24(3)52-39)25(4)33(26(5)38(49)55-31)56-32-21-42(10,51-17)35(48)28(7)53-32/h24-29,32-39,41-42,52H,19-23H2,1-18H3;23-28,30-37,39-40,48,50H,18-22H2,1-17H3/t24-,25-,26+,27-,28-,29+,32+,33-,34+,35+,36-,37-,38+,39+,41+,42?,43-,44-,45-;23-,24-,25+,26-,27-,28+,30+,31-,32+,33+,34-,35+,36-,37+,39+,40?,41-,42-,43-/m11/s1. The number of methoxy groups -OCH3 is 2. The summed E-state index contributed by atoms with van der Waals surface area (Å²) in [6, 6.07) is -0.892.